The molecule has 3 aromatic carbocycles. The van der Waals surface area contributed by atoms with Gasteiger partial charge in [0.05, 0.1) is 0 Å². The highest BCUT2D eigenvalue weighted by Gasteiger charge is 2.40. The van der Waals surface area contributed by atoms with E-state index in [9.17, 15) is 0 Å². The molecule has 0 spiro atoms. The van der Waals surface area contributed by atoms with Crippen molar-refractivity contribution in [2.45, 2.75) is 64.0 Å². The Morgan fingerprint density at radius 2 is 1.57 bits per heavy atom. The fraction of sp³-hybridized carbons (Fsp3) is 0.385. The fourth-order valence-electron chi connectivity index (χ4n) is 5.66. The van der Waals surface area contributed by atoms with Gasteiger partial charge in [-0.1, -0.05) is 78.9 Å². The zero-order valence-electron chi connectivity index (χ0n) is 16.9. The Morgan fingerprint density at radius 1 is 0.857 bits per heavy atom. The van der Waals surface area contributed by atoms with Gasteiger partial charge in [-0.25, -0.2) is 0 Å². The molecule has 0 aromatic heterocycles. The molecule has 0 unspecified atom stereocenters. The summed E-state index contributed by atoms with van der Waals surface area (Å²) in [6, 6.07) is 20.0. The van der Waals surface area contributed by atoms with E-state index in [0.717, 1.165) is 0 Å². The normalized spacial score (nSPS) is 23.2. The first-order chi connectivity index (χ1) is 13.7. The predicted molar refractivity (Wildman–Crippen MR) is 117 cm³/mol. The van der Waals surface area contributed by atoms with Crippen molar-refractivity contribution in [3.63, 3.8) is 0 Å². The van der Waals surface area contributed by atoms with Gasteiger partial charge in [0.25, 0.3) is 0 Å². The molecule has 2 aliphatic rings. The number of benzene rings is 3. The van der Waals surface area contributed by atoms with Gasteiger partial charge in [0.2, 0.25) is 0 Å². The Morgan fingerprint density at radius 3 is 2.32 bits per heavy atom. The van der Waals surface area contributed by atoms with Gasteiger partial charge in [0.1, 0.15) is 12.1 Å². The summed E-state index contributed by atoms with van der Waals surface area (Å²) in [7, 11) is 0. The number of hydroxylamine groups is 2. The van der Waals surface area contributed by atoms with E-state index in [2.05, 4.69) is 68.4 Å². The molecule has 144 valence electrons. The highest BCUT2D eigenvalue weighted by atomic mass is 16.5. The Balaban J connectivity index is 1.84. The molecule has 2 nitrogen and oxygen atoms in total. The summed E-state index contributed by atoms with van der Waals surface area (Å²) in [6.45, 7) is 4.40. The molecule has 1 saturated carbocycles. The maximum Gasteiger partial charge on any atom is 0.129 e. The highest BCUT2D eigenvalue weighted by Crippen LogP contribution is 2.50. The number of rotatable bonds is 2. The van der Waals surface area contributed by atoms with Crippen LogP contribution in [0.25, 0.3) is 10.8 Å². The summed E-state index contributed by atoms with van der Waals surface area (Å²) in [5.74, 6) is 0.634. The standard InChI is InChI=1S/C26H29NO/c1-17-13-14-20-15-16-22(19-9-5-3-6-10-19)25-24(20)23(17)18(2)27(28)26(25)21-11-7-4-8-12-21/h4,7-8,11-16,18-19,26,28H,3,5-6,9-10H2,1-2H3/p+1/t18-,26-/m0/s1. The van der Waals surface area contributed by atoms with E-state index in [4.69, 9.17) is 5.21 Å². The molecule has 2 heteroatoms. The number of hydrogen-bond donors (Lipinski definition) is 0. The lowest BCUT2D eigenvalue weighted by Crippen LogP contribution is -2.34. The van der Waals surface area contributed by atoms with Gasteiger partial charge in [-0.05, 0) is 71.2 Å². The van der Waals surface area contributed by atoms with Crippen LogP contribution in [0.1, 0.15) is 84.8 Å². The van der Waals surface area contributed by atoms with E-state index < -0.39 is 0 Å². The summed E-state index contributed by atoms with van der Waals surface area (Å²) in [5.41, 5.74) is 6.80. The molecule has 1 heterocycles. The molecule has 3 aromatic rings. The average Bonchev–Trinajstić information content (AvgIpc) is 2.74. The highest BCUT2D eigenvalue weighted by molar-refractivity contribution is 5.93. The smallest absolute Gasteiger partial charge is 0.129 e. The van der Waals surface area contributed by atoms with Crippen molar-refractivity contribution in [3.05, 3.63) is 82.4 Å². The number of aryl methyl sites for hydroxylation is 1. The van der Waals surface area contributed by atoms with Crippen molar-refractivity contribution in [2.75, 3.05) is 0 Å². The zero-order chi connectivity index (χ0) is 19.3. The lowest BCUT2D eigenvalue weighted by Gasteiger charge is -2.38. The minimum absolute atomic E-state index is 0.00567. The number of hydrogen-bond acceptors (Lipinski definition) is 1. The SMILES string of the molecule is Cc1ccc2ccc(C3CCCCC3)c3c2c1[C@H](C)N([OH2+])[C@H]3c1ccccc1. The lowest BCUT2D eigenvalue weighted by molar-refractivity contribution is -0.151. The second kappa shape index (κ2) is 7.02. The van der Waals surface area contributed by atoms with Crippen molar-refractivity contribution in [2.24, 2.45) is 0 Å². The maximum absolute atomic E-state index is 9.11. The summed E-state index contributed by atoms with van der Waals surface area (Å²) >= 11 is 0. The second-order valence-corrected chi connectivity index (χ2v) is 8.69. The van der Waals surface area contributed by atoms with E-state index >= 15 is 0 Å². The fourth-order valence-corrected chi connectivity index (χ4v) is 5.66. The van der Waals surface area contributed by atoms with Crippen LogP contribution in [0.15, 0.2) is 54.6 Å². The minimum Gasteiger partial charge on any atom is -0.338 e. The van der Waals surface area contributed by atoms with Gasteiger partial charge in [0.15, 0.2) is 0 Å². The van der Waals surface area contributed by atoms with E-state index in [1.807, 2.05) is 5.06 Å². The molecule has 1 fully saturated rings. The van der Waals surface area contributed by atoms with Gasteiger partial charge in [-0.3, -0.25) is 0 Å². The van der Waals surface area contributed by atoms with Crippen molar-refractivity contribution >= 4 is 10.8 Å². The van der Waals surface area contributed by atoms with Gasteiger partial charge in [0, 0.05) is 0 Å². The summed E-state index contributed by atoms with van der Waals surface area (Å²) < 4.78 is 0. The van der Waals surface area contributed by atoms with Crippen LogP contribution in [-0.2, 0) is 0 Å². The van der Waals surface area contributed by atoms with Gasteiger partial charge < -0.3 is 5.21 Å². The van der Waals surface area contributed by atoms with Crippen LogP contribution in [0.3, 0.4) is 0 Å². The van der Waals surface area contributed by atoms with Crippen LogP contribution in [0.5, 0.6) is 0 Å². The molecule has 0 radical (unpaired) electrons. The molecule has 0 saturated heterocycles. The Bertz CT molecular complexity index is 1000. The Kier molecular flexibility index (Phi) is 4.49. The van der Waals surface area contributed by atoms with Crippen LogP contribution in [0, 0.1) is 6.92 Å². The quantitative estimate of drug-likeness (QED) is 0.485. The largest absolute Gasteiger partial charge is 0.338 e. The van der Waals surface area contributed by atoms with E-state index in [1.165, 1.54) is 70.7 Å². The molecule has 2 atom stereocenters. The van der Waals surface area contributed by atoms with Crippen LogP contribution in [-0.4, -0.2) is 10.3 Å². The zero-order valence-corrected chi connectivity index (χ0v) is 16.9. The van der Waals surface area contributed by atoms with Crippen LogP contribution < -0.4 is 0 Å². The topological polar surface area (TPSA) is 26.1 Å². The van der Waals surface area contributed by atoms with E-state index in [-0.39, 0.29) is 12.1 Å². The number of nitrogens with zero attached hydrogens (tertiary/aromatic N) is 1. The summed E-state index contributed by atoms with van der Waals surface area (Å²) in [6.07, 6.45) is 6.61. The van der Waals surface area contributed by atoms with Gasteiger partial charge in [-0.2, -0.15) is 0 Å². The molecule has 0 amide bonds. The molecular weight excluding hydrogens is 342 g/mol. The molecule has 0 bridgehead atoms. The predicted octanol–water partition coefficient (Wildman–Crippen LogP) is 6.30. The molecule has 2 N–H and O–H groups in total. The monoisotopic (exact) mass is 372 g/mol. The van der Waals surface area contributed by atoms with Crippen molar-refractivity contribution in [3.8, 4) is 0 Å². The third-order valence-electron chi connectivity index (χ3n) is 7.07. The molecular formula is C26H30NO+. The molecule has 5 rings (SSSR count). The second-order valence-electron chi connectivity index (χ2n) is 8.69. The first-order valence-electron chi connectivity index (χ1n) is 10.8. The first kappa shape index (κ1) is 17.9. The maximum atomic E-state index is 9.11. The van der Waals surface area contributed by atoms with E-state index in [1.54, 1.807) is 0 Å². The molecule has 1 aliphatic heterocycles. The van der Waals surface area contributed by atoms with Crippen molar-refractivity contribution in [1.29, 1.82) is 0 Å². The average molecular weight is 373 g/mol. The molecule has 28 heavy (non-hydrogen) atoms. The van der Waals surface area contributed by atoms with Gasteiger partial charge in [-0.15, -0.1) is 0 Å². The van der Waals surface area contributed by atoms with Gasteiger partial charge >= 0.3 is 0 Å². The van der Waals surface area contributed by atoms with Crippen LogP contribution in [0.4, 0.5) is 0 Å². The molecule has 1 aliphatic carbocycles. The van der Waals surface area contributed by atoms with Crippen molar-refractivity contribution < 1.29 is 5.21 Å². The first-order valence-corrected chi connectivity index (χ1v) is 10.8. The lowest BCUT2D eigenvalue weighted by atomic mass is 9.75. The summed E-state index contributed by atoms with van der Waals surface area (Å²) in [5, 5.41) is 13.7. The van der Waals surface area contributed by atoms with E-state index in [0.29, 0.717) is 5.92 Å². The van der Waals surface area contributed by atoms with Crippen LogP contribution >= 0.6 is 0 Å². The minimum atomic E-state index is 0.00567. The van der Waals surface area contributed by atoms with Crippen LogP contribution in [0.2, 0.25) is 0 Å². The van der Waals surface area contributed by atoms with Crippen molar-refractivity contribution in [1.82, 2.24) is 5.06 Å². The Labute approximate surface area is 167 Å². The Hall–Kier alpha value is -2.16. The third-order valence-corrected chi connectivity index (χ3v) is 7.07. The summed E-state index contributed by atoms with van der Waals surface area (Å²) in [4.78, 5) is 0. The third kappa shape index (κ3) is 2.70.